The zero-order valence-corrected chi connectivity index (χ0v) is 13.1. The minimum absolute atomic E-state index is 0.0426. The Morgan fingerprint density at radius 3 is 2.88 bits per heavy atom. The van der Waals surface area contributed by atoms with Crippen molar-refractivity contribution in [3.8, 4) is 6.07 Å². The number of likely N-dealkylation sites (tertiary alicyclic amines) is 1. The summed E-state index contributed by atoms with van der Waals surface area (Å²) in [5.41, 5.74) is 1.60. The summed E-state index contributed by atoms with van der Waals surface area (Å²) in [5.74, 6) is 0.256. The Hall–Kier alpha value is -3.21. The Morgan fingerprint density at radius 2 is 2.17 bits per heavy atom. The quantitative estimate of drug-likeness (QED) is 0.830. The molecule has 1 aromatic heterocycles. The zero-order chi connectivity index (χ0) is 16.8. The molecule has 1 amide bonds. The molecule has 2 heterocycles. The van der Waals surface area contributed by atoms with Crippen molar-refractivity contribution in [3.05, 3.63) is 41.9 Å². The summed E-state index contributed by atoms with van der Waals surface area (Å²) in [7, 11) is 0. The van der Waals surface area contributed by atoms with Gasteiger partial charge in [0.05, 0.1) is 0 Å². The van der Waals surface area contributed by atoms with Crippen LogP contribution >= 0.6 is 0 Å². The number of tetrazole rings is 1. The van der Waals surface area contributed by atoms with Crippen LogP contribution in [0.1, 0.15) is 35.4 Å². The van der Waals surface area contributed by atoms with Crippen LogP contribution in [0.4, 0.5) is 5.69 Å². The van der Waals surface area contributed by atoms with E-state index >= 15 is 0 Å². The van der Waals surface area contributed by atoms with Crippen molar-refractivity contribution in [1.82, 2.24) is 25.5 Å². The molecule has 1 aromatic carbocycles. The second-order valence-corrected chi connectivity index (χ2v) is 5.48. The van der Waals surface area contributed by atoms with E-state index in [2.05, 4.69) is 25.9 Å². The average molecular weight is 323 g/mol. The maximum Gasteiger partial charge on any atom is 0.253 e. The van der Waals surface area contributed by atoms with E-state index in [-0.39, 0.29) is 17.3 Å². The number of nitrogens with zero attached hydrogens (tertiary/aromatic N) is 5. The van der Waals surface area contributed by atoms with Crippen LogP contribution in [0.25, 0.3) is 5.57 Å². The maximum absolute atomic E-state index is 12.5. The van der Waals surface area contributed by atoms with E-state index < -0.39 is 0 Å². The van der Waals surface area contributed by atoms with E-state index in [1.165, 1.54) is 12.6 Å². The number of carbonyl (C=O) groups is 1. The molecule has 0 bridgehead atoms. The Labute approximate surface area is 139 Å². The number of amides is 1. The molecule has 8 heteroatoms. The lowest BCUT2D eigenvalue weighted by Gasteiger charge is -2.26. The molecule has 1 fully saturated rings. The van der Waals surface area contributed by atoms with Gasteiger partial charge in [-0.1, -0.05) is 6.07 Å². The van der Waals surface area contributed by atoms with Gasteiger partial charge in [-0.3, -0.25) is 4.79 Å². The van der Waals surface area contributed by atoms with Gasteiger partial charge in [-0.05, 0) is 42.7 Å². The average Bonchev–Trinajstić information content (AvgIpc) is 3.17. The highest BCUT2D eigenvalue weighted by molar-refractivity contribution is 5.95. The van der Waals surface area contributed by atoms with Crippen molar-refractivity contribution >= 4 is 17.2 Å². The second-order valence-electron chi connectivity index (χ2n) is 5.48. The number of anilines is 1. The number of aromatic nitrogens is 4. The van der Waals surface area contributed by atoms with Crippen LogP contribution < -0.4 is 5.32 Å². The molecule has 24 heavy (non-hydrogen) atoms. The fraction of sp³-hybridized carbons (Fsp3) is 0.312. The molecule has 0 atom stereocenters. The maximum atomic E-state index is 12.5. The van der Waals surface area contributed by atoms with E-state index in [4.69, 9.17) is 5.26 Å². The standard InChI is InChI=1S/C16H17N7O/c17-10-13(15-19-21-22-20-15)11-18-14-6-4-5-12(9-14)16(24)23-7-2-1-3-8-23/h4-6,9,11,18H,1-3,7-8H2,(H,19,20,21,22). The minimum Gasteiger partial charge on any atom is -0.360 e. The highest BCUT2D eigenvalue weighted by Gasteiger charge is 2.18. The van der Waals surface area contributed by atoms with Crippen molar-refractivity contribution < 1.29 is 4.79 Å². The third-order valence-corrected chi connectivity index (χ3v) is 3.84. The fourth-order valence-electron chi connectivity index (χ4n) is 2.60. The number of rotatable bonds is 4. The van der Waals surface area contributed by atoms with Crippen LogP contribution in [0.2, 0.25) is 0 Å². The number of hydrogen-bond donors (Lipinski definition) is 2. The molecule has 0 aliphatic carbocycles. The van der Waals surface area contributed by atoms with Gasteiger partial charge in [-0.25, -0.2) is 0 Å². The van der Waals surface area contributed by atoms with Crippen molar-refractivity contribution in [1.29, 1.82) is 5.26 Å². The topological polar surface area (TPSA) is 111 Å². The highest BCUT2D eigenvalue weighted by Crippen LogP contribution is 2.17. The van der Waals surface area contributed by atoms with Gasteiger partial charge in [0.15, 0.2) is 0 Å². The number of allylic oxidation sites excluding steroid dienone is 1. The first kappa shape index (κ1) is 15.7. The highest BCUT2D eigenvalue weighted by atomic mass is 16.2. The lowest BCUT2D eigenvalue weighted by Crippen LogP contribution is -2.35. The van der Waals surface area contributed by atoms with E-state index in [9.17, 15) is 4.79 Å². The molecule has 8 nitrogen and oxygen atoms in total. The fourth-order valence-corrected chi connectivity index (χ4v) is 2.60. The van der Waals surface area contributed by atoms with Crippen LogP contribution in [0.15, 0.2) is 30.5 Å². The van der Waals surface area contributed by atoms with Gasteiger partial charge in [0.25, 0.3) is 5.91 Å². The first-order valence-corrected chi connectivity index (χ1v) is 7.78. The third-order valence-electron chi connectivity index (χ3n) is 3.84. The SMILES string of the molecule is N#CC(=CNc1cccc(C(=O)N2CCCCC2)c1)c1nn[nH]n1. The normalized spacial score (nSPS) is 15.0. The van der Waals surface area contributed by atoms with Crippen molar-refractivity contribution in [2.24, 2.45) is 0 Å². The molecular formula is C16H17N7O. The first-order chi connectivity index (χ1) is 11.8. The number of H-pyrrole nitrogens is 1. The summed E-state index contributed by atoms with van der Waals surface area (Å²) < 4.78 is 0. The van der Waals surface area contributed by atoms with E-state index in [1.807, 2.05) is 23.1 Å². The smallest absolute Gasteiger partial charge is 0.253 e. The lowest BCUT2D eigenvalue weighted by molar-refractivity contribution is 0.0724. The Balaban J connectivity index is 1.73. The van der Waals surface area contributed by atoms with E-state index in [0.29, 0.717) is 11.3 Å². The van der Waals surface area contributed by atoms with Crippen molar-refractivity contribution in [2.75, 3.05) is 18.4 Å². The number of nitriles is 1. The summed E-state index contributed by atoms with van der Waals surface area (Å²) >= 11 is 0. The second kappa shape index (κ2) is 7.37. The van der Waals surface area contributed by atoms with Crippen LogP contribution in [0.3, 0.4) is 0 Å². The van der Waals surface area contributed by atoms with Crippen LogP contribution in [0.5, 0.6) is 0 Å². The third kappa shape index (κ3) is 3.57. The summed E-state index contributed by atoms with van der Waals surface area (Å²) in [6.07, 6.45) is 4.80. The molecule has 0 radical (unpaired) electrons. The van der Waals surface area contributed by atoms with E-state index in [1.54, 1.807) is 12.1 Å². The number of carbonyl (C=O) groups excluding carboxylic acids is 1. The molecule has 0 saturated carbocycles. The molecule has 2 N–H and O–H groups in total. The number of hydrogen-bond acceptors (Lipinski definition) is 6. The van der Waals surface area contributed by atoms with Gasteiger partial charge in [-0.15, -0.1) is 10.2 Å². The monoisotopic (exact) mass is 323 g/mol. The van der Waals surface area contributed by atoms with Crippen LogP contribution in [0, 0.1) is 11.3 Å². The molecule has 1 aliphatic rings. The van der Waals surface area contributed by atoms with Crippen molar-refractivity contribution in [2.45, 2.75) is 19.3 Å². The van der Waals surface area contributed by atoms with Gasteiger partial charge in [-0.2, -0.15) is 10.5 Å². The van der Waals surface area contributed by atoms with Crippen LogP contribution in [-0.4, -0.2) is 44.5 Å². The van der Waals surface area contributed by atoms with Gasteiger partial charge in [0, 0.05) is 30.5 Å². The largest absolute Gasteiger partial charge is 0.360 e. The molecule has 1 saturated heterocycles. The number of benzene rings is 1. The summed E-state index contributed by atoms with van der Waals surface area (Å²) in [4.78, 5) is 14.4. The van der Waals surface area contributed by atoms with Gasteiger partial charge < -0.3 is 10.2 Å². The number of aromatic amines is 1. The summed E-state index contributed by atoms with van der Waals surface area (Å²) in [6.45, 7) is 1.62. The first-order valence-electron chi connectivity index (χ1n) is 7.78. The van der Waals surface area contributed by atoms with Crippen LogP contribution in [-0.2, 0) is 0 Å². The Bertz CT molecular complexity index is 770. The lowest BCUT2D eigenvalue weighted by atomic mass is 10.1. The van der Waals surface area contributed by atoms with Gasteiger partial charge in [0.1, 0.15) is 11.6 Å². The number of piperidine rings is 1. The molecule has 1 aliphatic heterocycles. The van der Waals surface area contributed by atoms with Gasteiger partial charge in [0.2, 0.25) is 5.82 Å². The molecule has 2 aromatic rings. The molecule has 0 unspecified atom stereocenters. The van der Waals surface area contributed by atoms with Gasteiger partial charge >= 0.3 is 0 Å². The van der Waals surface area contributed by atoms with E-state index in [0.717, 1.165) is 25.9 Å². The number of nitrogens with one attached hydrogen (secondary N) is 2. The zero-order valence-electron chi connectivity index (χ0n) is 13.1. The summed E-state index contributed by atoms with van der Waals surface area (Å²) in [6, 6.07) is 9.22. The molecule has 122 valence electrons. The minimum atomic E-state index is 0.0426. The predicted octanol–water partition coefficient (Wildman–Crippen LogP) is 1.80. The Kier molecular flexibility index (Phi) is 4.81. The predicted molar refractivity (Wildman–Crippen MR) is 87.6 cm³/mol. The molecule has 0 spiro atoms. The molecule has 3 rings (SSSR count). The van der Waals surface area contributed by atoms with Crippen molar-refractivity contribution in [3.63, 3.8) is 0 Å². The Morgan fingerprint density at radius 1 is 1.33 bits per heavy atom. The summed E-state index contributed by atoms with van der Waals surface area (Å²) in [5, 5.41) is 25.4. The molecular weight excluding hydrogens is 306 g/mol.